The number of carboxylic acid groups (broad SMARTS) is 1. The van der Waals surface area contributed by atoms with Crippen LogP contribution in [0.3, 0.4) is 0 Å². The number of hydrogen-bond donors (Lipinski definition) is 1. The molecule has 4 heteroatoms. The number of likely N-dealkylation sites (tertiary alicyclic amines) is 1. The quantitative estimate of drug-likeness (QED) is 0.779. The molecule has 20 heavy (non-hydrogen) atoms. The molecule has 1 atom stereocenters. The zero-order valence-corrected chi connectivity index (χ0v) is 12.0. The van der Waals surface area contributed by atoms with E-state index < -0.39 is 5.97 Å². The summed E-state index contributed by atoms with van der Waals surface area (Å²) in [6.07, 6.45) is 3.62. The Morgan fingerprint density at radius 1 is 1.40 bits per heavy atom. The Morgan fingerprint density at radius 3 is 2.75 bits per heavy atom. The SMILES string of the molecule is CCC1CCN(CCCOc2ccc(C(=O)O)cc2)C1. The Labute approximate surface area is 120 Å². The lowest BCUT2D eigenvalue weighted by atomic mass is 10.1. The van der Waals surface area contributed by atoms with Gasteiger partial charge in [-0.05, 0) is 49.6 Å². The average molecular weight is 277 g/mol. The molecule has 0 aromatic heterocycles. The molecule has 110 valence electrons. The molecule has 1 saturated heterocycles. The molecule has 1 aromatic rings. The van der Waals surface area contributed by atoms with Gasteiger partial charge >= 0.3 is 5.97 Å². The summed E-state index contributed by atoms with van der Waals surface area (Å²) >= 11 is 0. The van der Waals surface area contributed by atoms with E-state index in [0.29, 0.717) is 12.2 Å². The maximum Gasteiger partial charge on any atom is 0.335 e. The maximum absolute atomic E-state index is 10.7. The number of aromatic carboxylic acids is 1. The van der Waals surface area contributed by atoms with Crippen molar-refractivity contribution in [1.29, 1.82) is 0 Å². The van der Waals surface area contributed by atoms with Crippen LogP contribution < -0.4 is 4.74 Å². The molecule has 0 bridgehead atoms. The van der Waals surface area contributed by atoms with E-state index >= 15 is 0 Å². The van der Waals surface area contributed by atoms with E-state index in [4.69, 9.17) is 9.84 Å². The highest BCUT2D eigenvalue weighted by molar-refractivity contribution is 5.87. The molecule has 1 aliphatic heterocycles. The molecule has 0 saturated carbocycles. The van der Waals surface area contributed by atoms with Crippen molar-refractivity contribution in [3.63, 3.8) is 0 Å². The smallest absolute Gasteiger partial charge is 0.335 e. The van der Waals surface area contributed by atoms with Gasteiger partial charge in [0.05, 0.1) is 12.2 Å². The third-order valence-electron chi connectivity index (χ3n) is 3.94. The van der Waals surface area contributed by atoms with Crippen LogP contribution >= 0.6 is 0 Å². The van der Waals surface area contributed by atoms with Gasteiger partial charge in [-0.25, -0.2) is 4.79 Å². The fraction of sp³-hybridized carbons (Fsp3) is 0.562. The zero-order valence-electron chi connectivity index (χ0n) is 12.0. The van der Waals surface area contributed by atoms with Gasteiger partial charge in [0.15, 0.2) is 0 Å². The van der Waals surface area contributed by atoms with Gasteiger partial charge in [-0.1, -0.05) is 13.3 Å². The van der Waals surface area contributed by atoms with Crippen LogP contribution in [0.25, 0.3) is 0 Å². The fourth-order valence-corrected chi connectivity index (χ4v) is 2.62. The van der Waals surface area contributed by atoms with Gasteiger partial charge in [-0.2, -0.15) is 0 Å². The van der Waals surface area contributed by atoms with Gasteiger partial charge in [-0.3, -0.25) is 0 Å². The summed E-state index contributed by atoms with van der Waals surface area (Å²) in [5.41, 5.74) is 0.292. The van der Waals surface area contributed by atoms with E-state index in [1.54, 1.807) is 24.3 Å². The van der Waals surface area contributed by atoms with E-state index in [-0.39, 0.29) is 0 Å². The minimum absolute atomic E-state index is 0.292. The Bertz CT molecular complexity index is 430. The molecular formula is C16H23NO3. The van der Waals surface area contributed by atoms with Gasteiger partial charge in [0.25, 0.3) is 0 Å². The van der Waals surface area contributed by atoms with E-state index in [0.717, 1.165) is 24.6 Å². The van der Waals surface area contributed by atoms with Crippen LogP contribution in [-0.4, -0.2) is 42.2 Å². The van der Waals surface area contributed by atoms with Gasteiger partial charge < -0.3 is 14.7 Å². The Hall–Kier alpha value is -1.55. The summed E-state index contributed by atoms with van der Waals surface area (Å²) in [7, 11) is 0. The largest absolute Gasteiger partial charge is 0.494 e. The average Bonchev–Trinajstić information content (AvgIpc) is 2.92. The third-order valence-corrected chi connectivity index (χ3v) is 3.94. The molecule has 1 N–H and O–H groups in total. The van der Waals surface area contributed by atoms with Crippen LogP contribution in [0.4, 0.5) is 0 Å². The van der Waals surface area contributed by atoms with Gasteiger partial charge in [0.2, 0.25) is 0 Å². The number of carbonyl (C=O) groups is 1. The monoisotopic (exact) mass is 277 g/mol. The summed E-state index contributed by atoms with van der Waals surface area (Å²) < 4.78 is 5.63. The summed E-state index contributed by atoms with van der Waals surface area (Å²) in [4.78, 5) is 13.2. The van der Waals surface area contributed by atoms with Crippen LogP contribution in [0.1, 0.15) is 36.5 Å². The topological polar surface area (TPSA) is 49.8 Å². The first-order valence-corrected chi connectivity index (χ1v) is 7.37. The molecule has 2 rings (SSSR count). The van der Waals surface area contributed by atoms with Crippen molar-refractivity contribution in [2.45, 2.75) is 26.2 Å². The molecule has 0 radical (unpaired) electrons. The summed E-state index contributed by atoms with van der Waals surface area (Å²) in [5.74, 6) is 0.707. The number of rotatable bonds is 7. The number of nitrogens with zero attached hydrogens (tertiary/aromatic N) is 1. The number of benzene rings is 1. The lowest BCUT2D eigenvalue weighted by Gasteiger charge is -2.15. The minimum Gasteiger partial charge on any atom is -0.494 e. The van der Waals surface area contributed by atoms with Gasteiger partial charge in [-0.15, -0.1) is 0 Å². The summed E-state index contributed by atoms with van der Waals surface area (Å²) in [6, 6.07) is 6.58. The first-order valence-electron chi connectivity index (χ1n) is 7.37. The van der Waals surface area contributed by atoms with Crippen molar-refractivity contribution >= 4 is 5.97 Å². The second kappa shape index (κ2) is 7.29. The molecule has 1 fully saturated rings. The van der Waals surface area contributed by atoms with E-state index in [2.05, 4.69) is 11.8 Å². The van der Waals surface area contributed by atoms with Gasteiger partial charge in [0, 0.05) is 13.1 Å². The zero-order chi connectivity index (χ0) is 14.4. The minimum atomic E-state index is -0.906. The van der Waals surface area contributed by atoms with E-state index in [1.165, 1.54) is 25.9 Å². The van der Waals surface area contributed by atoms with Crippen molar-refractivity contribution in [2.75, 3.05) is 26.2 Å². The lowest BCUT2D eigenvalue weighted by molar-refractivity contribution is 0.0697. The highest BCUT2D eigenvalue weighted by atomic mass is 16.5. The molecule has 0 aliphatic carbocycles. The van der Waals surface area contributed by atoms with Crippen LogP contribution in [-0.2, 0) is 0 Å². The predicted molar refractivity (Wildman–Crippen MR) is 78.4 cm³/mol. The second-order valence-corrected chi connectivity index (χ2v) is 5.40. The number of hydrogen-bond acceptors (Lipinski definition) is 3. The summed E-state index contributed by atoms with van der Waals surface area (Å²) in [6.45, 7) is 6.47. The van der Waals surface area contributed by atoms with Crippen LogP contribution in [0.2, 0.25) is 0 Å². The second-order valence-electron chi connectivity index (χ2n) is 5.40. The van der Waals surface area contributed by atoms with E-state index in [9.17, 15) is 4.79 Å². The Kier molecular flexibility index (Phi) is 5.41. The molecule has 0 amide bonds. The van der Waals surface area contributed by atoms with Gasteiger partial charge in [0.1, 0.15) is 5.75 Å². The van der Waals surface area contributed by atoms with Crippen LogP contribution in [0.5, 0.6) is 5.75 Å². The number of ether oxygens (including phenoxy) is 1. The molecule has 4 nitrogen and oxygen atoms in total. The van der Waals surface area contributed by atoms with Crippen molar-refractivity contribution in [3.8, 4) is 5.75 Å². The number of carboxylic acids is 1. The molecule has 1 heterocycles. The molecule has 1 aliphatic rings. The first-order chi connectivity index (χ1) is 9.69. The Morgan fingerprint density at radius 2 is 2.15 bits per heavy atom. The van der Waals surface area contributed by atoms with Crippen molar-refractivity contribution in [3.05, 3.63) is 29.8 Å². The van der Waals surface area contributed by atoms with E-state index in [1.807, 2.05) is 0 Å². The summed E-state index contributed by atoms with van der Waals surface area (Å²) in [5, 5.41) is 8.81. The highest BCUT2D eigenvalue weighted by Crippen LogP contribution is 2.19. The normalized spacial score (nSPS) is 19.1. The molecule has 1 aromatic carbocycles. The maximum atomic E-state index is 10.7. The van der Waals surface area contributed by atoms with Crippen LogP contribution in [0.15, 0.2) is 24.3 Å². The van der Waals surface area contributed by atoms with Crippen molar-refractivity contribution in [2.24, 2.45) is 5.92 Å². The van der Waals surface area contributed by atoms with Crippen LogP contribution in [0, 0.1) is 5.92 Å². The molecule has 1 unspecified atom stereocenters. The molecule has 0 spiro atoms. The fourth-order valence-electron chi connectivity index (χ4n) is 2.62. The highest BCUT2D eigenvalue weighted by Gasteiger charge is 2.19. The van der Waals surface area contributed by atoms with Crippen molar-refractivity contribution in [1.82, 2.24) is 4.90 Å². The predicted octanol–water partition coefficient (Wildman–Crippen LogP) is 2.89. The lowest BCUT2D eigenvalue weighted by Crippen LogP contribution is -2.23. The third kappa shape index (κ3) is 4.23. The molecular weight excluding hydrogens is 254 g/mol. The first kappa shape index (κ1) is 14.9. The Balaban J connectivity index is 1.65. The van der Waals surface area contributed by atoms with Crippen molar-refractivity contribution < 1.29 is 14.6 Å². The standard InChI is InChI=1S/C16H23NO3/c1-2-13-8-10-17(12-13)9-3-11-20-15-6-4-14(5-7-15)16(18)19/h4-7,13H,2-3,8-12H2,1H3,(H,18,19).